The van der Waals surface area contributed by atoms with Crippen molar-refractivity contribution in [3.8, 4) is 55.9 Å². The number of hydrogen-bond acceptors (Lipinski definition) is 3. The van der Waals surface area contributed by atoms with Crippen LogP contribution in [-0.2, 0) is 0 Å². The van der Waals surface area contributed by atoms with Crippen molar-refractivity contribution >= 4 is 63.0 Å². The molecule has 0 spiro atoms. The van der Waals surface area contributed by atoms with Crippen LogP contribution in [0, 0.1) is 0 Å². The molecular weight excluding hydrogens is 643 g/mol. The van der Waals surface area contributed by atoms with Crippen LogP contribution >= 0.6 is 22.7 Å². The first kappa shape index (κ1) is 29.1. The Hall–Kier alpha value is -5.87. The van der Waals surface area contributed by atoms with Gasteiger partial charge in [0.15, 0.2) is 0 Å². The van der Waals surface area contributed by atoms with E-state index in [2.05, 4.69) is 176 Å². The summed E-state index contributed by atoms with van der Waals surface area (Å²) in [5.74, 6) is 0. The zero-order valence-corrected chi connectivity index (χ0v) is 28.6. The van der Waals surface area contributed by atoms with Crippen LogP contribution in [0.4, 0.5) is 0 Å². The predicted octanol–water partition coefficient (Wildman–Crippen LogP) is 14.2. The average Bonchev–Trinajstić information content (AvgIpc) is 3.76. The lowest BCUT2D eigenvalue weighted by atomic mass is 9.91. The van der Waals surface area contributed by atoms with Gasteiger partial charge < -0.3 is 0 Å². The molecule has 0 aliphatic rings. The molecule has 0 fully saturated rings. The molecule has 0 atom stereocenters. The quantitative estimate of drug-likeness (QED) is 0.177. The van der Waals surface area contributed by atoms with E-state index in [0.29, 0.717) is 0 Å². The summed E-state index contributed by atoms with van der Waals surface area (Å²) in [6, 6.07) is 64.0. The van der Waals surface area contributed by atoms with Crippen LogP contribution in [-0.4, -0.2) is 4.98 Å². The van der Waals surface area contributed by atoms with Crippen molar-refractivity contribution in [2.45, 2.75) is 0 Å². The fourth-order valence-corrected chi connectivity index (χ4v) is 9.32. The first-order chi connectivity index (χ1) is 24.7. The largest absolute Gasteiger partial charge is 0.248 e. The van der Waals surface area contributed by atoms with E-state index >= 15 is 0 Å². The number of hydrogen-bond donors (Lipinski definition) is 0. The molecule has 7 aromatic carbocycles. The van der Waals surface area contributed by atoms with E-state index in [4.69, 9.17) is 4.98 Å². The van der Waals surface area contributed by atoms with Gasteiger partial charge in [0.05, 0.1) is 11.4 Å². The molecule has 0 aliphatic carbocycles. The van der Waals surface area contributed by atoms with E-state index in [1.165, 1.54) is 68.2 Å². The molecule has 1 nitrogen and oxygen atoms in total. The number of rotatable bonds is 5. The summed E-state index contributed by atoms with van der Waals surface area (Å²) in [6.07, 6.45) is 0. The molecule has 3 heteroatoms. The highest BCUT2D eigenvalue weighted by Crippen LogP contribution is 2.41. The lowest BCUT2D eigenvalue weighted by Crippen LogP contribution is -1.92. The third-order valence-electron chi connectivity index (χ3n) is 9.65. The second-order valence-electron chi connectivity index (χ2n) is 12.8. The molecule has 10 aromatic rings. The Labute approximate surface area is 298 Å². The highest BCUT2D eigenvalue weighted by molar-refractivity contribution is 7.26. The predicted molar refractivity (Wildman–Crippen MR) is 217 cm³/mol. The fourth-order valence-electron chi connectivity index (χ4n) is 7.15. The molecule has 0 saturated heterocycles. The maximum atomic E-state index is 5.18. The maximum absolute atomic E-state index is 5.18. The molecule has 234 valence electrons. The van der Waals surface area contributed by atoms with Gasteiger partial charge in [-0.2, -0.15) is 0 Å². The second kappa shape index (κ2) is 11.9. The number of aromatic nitrogens is 1. The molecule has 0 aliphatic heterocycles. The molecule has 3 aromatic heterocycles. The summed E-state index contributed by atoms with van der Waals surface area (Å²) in [4.78, 5) is 5.18. The number of pyridine rings is 1. The summed E-state index contributed by atoms with van der Waals surface area (Å²) in [5.41, 5.74) is 11.3. The molecule has 0 radical (unpaired) electrons. The van der Waals surface area contributed by atoms with Gasteiger partial charge in [-0.05, 0) is 100 Å². The third-order valence-corrected chi connectivity index (χ3v) is 12.0. The minimum Gasteiger partial charge on any atom is -0.248 e. The second-order valence-corrected chi connectivity index (χ2v) is 14.9. The summed E-state index contributed by atoms with van der Waals surface area (Å²) in [6.45, 7) is 0. The first-order valence-corrected chi connectivity index (χ1v) is 18.5. The van der Waals surface area contributed by atoms with Crippen molar-refractivity contribution in [2.24, 2.45) is 0 Å². The van der Waals surface area contributed by atoms with Gasteiger partial charge in [0.1, 0.15) is 0 Å². The van der Waals surface area contributed by atoms with Gasteiger partial charge in [0.25, 0.3) is 0 Å². The molecular formula is C47H29NS2. The highest BCUT2D eigenvalue weighted by atomic mass is 32.1. The zero-order chi connectivity index (χ0) is 33.0. The lowest BCUT2D eigenvalue weighted by Gasteiger charge is -2.14. The monoisotopic (exact) mass is 671 g/mol. The average molecular weight is 672 g/mol. The van der Waals surface area contributed by atoms with Crippen LogP contribution in [0.3, 0.4) is 0 Å². The van der Waals surface area contributed by atoms with E-state index in [9.17, 15) is 0 Å². The molecule has 0 unspecified atom stereocenters. The van der Waals surface area contributed by atoms with Gasteiger partial charge in [-0.3, -0.25) is 0 Å². The van der Waals surface area contributed by atoms with Gasteiger partial charge in [0, 0.05) is 51.5 Å². The summed E-state index contributed by atoms with van der Waals surface area (Å²) < 4.78 is 5.28. The van der Waals surface area contributed by atoms with Crippen LogP contribution in [0.25, 0.3) is 96.2 Å². The Morgan fingerprint density at radius 3 is 1.12 bits per heavy atom. The van der Waals surface area contributed by atoms with Crippen molar-refractivity contribution in [3.05, 3.63) is 176 Å². The molecule has 10 rings (SSSR count). The van der Waals surface area contributed by atoms with Crippen molar-refractivity contribution in [1.29, 1.82) is 0 Å². The van der Waals surface area contributed by atoms with Gasteiger partial charge in [-0.25, -0.2) is 4.98 Å². The van der Waals surface area contributed by atoms with Gasteiger partial charge in [0.2, 0.25) is 0 Å². The first-order valence-electron chi connectivity index (χ1n) is 16.9. The van der Waals surface area contributed by atoms with Crippen LogP contribution in [0.5, 0.6) is 0 Å². The van der Waals surface area contributed by atoms with Crippen molar-refractivity contribution in [3.63, 3.8) is 0 Å². The van der Waals surface area contributed by atoms with E-state index in [1.54, 1.807) is 0 Å². The van der Waals surface area contributed by atoms with E-state index in [1.807, 2.05) is 22.7 Å². The number of fused-ring (bicyclic) bond motifs is 6. The fraction of sp³-hybridized carbons (Fsp3) is 0. The maximum Gasteiger partial charge on any atom is 0.0715 e. The Kier molecular flexibility index (Phi) is 6.93. The number of nitrogens with zero attached hydrogens (tertiary/aromatic N) is 1. The molecule has 0 amide bonds. The van der Waals surface area contributed by atoms with Crippen LogP contribution in [0.15, 0.2) is 176 Å². The minimum absolute atomic E-state index is 0.964. The molecule has 50 heavy (non-hydrogen) atoms. The van der Waals surface area contributed by atoms with Crippen molar-refractivity contribution in [2.75, 3.05) is 0 Å². The Balaban J connectivity index is 1.21. The normalized spacial score (nSPS) is 11.6. The summed E-state index contributed by atoms with van der Waals surface area (Å²) in [5, 5.41) is 5.25. The molecule has 3 heterocycles. The van der Waals surface area contributed by atoms with Gasteiger partial charge in [-0.15, -0.1) is 22.7 Å². The minimum atomic E-state index is 0.964. The van der Waals surface area contributed by atoms with Crippen LogP contribution < -0.4 is 0 Å². The standard InChI is InChI=1S/C47H29NS2/c1-3-11-30(12-4-1)42-28-37(29-43(48-42)31-13-5-2-6-14-31)36-24-34(32-19-21-46-40(26-32)38-15-7-9-17-44(38)49-46)23-35(25-36)33-20-22-47-41(27-33)39-16-8-10-18-45(39)50-47/h1-29H. The molecule has 0 bridgehead atoms. The van der Waals surface area contributed by atoms with E-state index in [-0.39, 0.29) is 0 Å². The van der Waals surface area contributed by atoms with Crippen molar-refractivity contribution < 1.29 is 0 Å². The number of benzene rings is 7. The summed E-state index contributed by atoms with van der Waals surface area (Å²) in [7, 11) is 0. The zero-order valence-electron chi connectivity index (χ0n) is 27.0. The third kappa shape index (κ3) is 5.11. The summed E-state index contributed by atoms with van der Waals surface area (Å²) >= 11 is 3.72. The smallest absolute Gasteiger partial charge is 0.0715 e. The highest BCUT2D eigenvalue weighted by Gasteiger charge is 2.15. The van der Waals surface area contributed by atoms with Gasteiger partial charge >= 0.3 is 0 Å². The van der Waals surface area contributed by atoms with Crippen LogP contribution in [0.2, 0.25) is 0 Å². The lowest BCUT2D eigenvalue weighted by molar-refractivity contribution is 1.32. The number of thiophene rings is 2. The topological polar surface area (TPSA) is 12.9 Å². The Bertz CT molecular complexity index is 2670. The van der Waals surface area contributed by atoms with E-state index < -0.39 is 0 Å². The molecule has 0 N–H and O–H groups in total. The Morgan fingerprint density at radius 1 is 0.260 bits per heavy atom. The van der Waals surface area contributed by atoms with Gasteiger partial charge in [-0.1, -0.05) is 109 Å². The molecule has 0 saturated carbocycles. The van der Waals surface area contributed by atoms with Crippen molar-refractivity contribution in [1.82, 2.24) is 4.98 Å². The van der Waals surface area contributed by atoms with Crippen LogP contribution in [0.1, 0.15) is 0 Å². The SMILES string of the molecule is c1ccc(-c2cc(-c3cc(-c4ccc5sc6ccccc6c5c4)cc(-c4ccc5sc6ccccc6c5c4)c3)cc(-c3ccccc3)n2)cc1. The van der Waals surface area contributed by atoms with E-state index in [0.717, 1.165) is 28.1 Å². The Morgan fingerprint density at radius 2 is 0.640 bits per heavy atom.